The summed E-state index contributed by atoms with van der Waals surface area (Å²) in [4.78, 5) is 4.37. The molecule has 20 heavy (non-hydrogen) atoms. The van der Waals surface area contributed by atoms with Crippen LogP contribution in [0.4, 0.5) is 0 Å². The molecule has 1 N–H and O–H groups in total. The van der Waals surface area contributed by atoms with Crippen molar-refractivity contribution in [1.29, 1.82) is 0 Å². The quantitative estimate of drug-likeness (QED) is 0.869. The third kappa shape index (κ3) is 2.75. The number of hydrogen-bond acceptors (Lipinski definition) is 6. The lowest BCUT2D eigenvalue weighted by molar-refractivity contribution is 0.355. The molecule has 1 aromatic heterocycles. The monoisotopic (exact) mass is 275 g/mol. The lowest BCUT2D eigenvalue weighted by atomic mass is 10.2. The van der Waals surface area contributed by atoms with E-state index in [2.05, 4.69) is 15.5 Å². The molecular weight excluding hydrogens is 258 g/mol. The van der Waals surface area contributed by atoms with E-state index in [0.717, 1.165) is 5.56 Å². The lowest BCUT2D eigenvalue weighted by Crippen LogP contribution is -2.16. The highest BCUT2D eigenvalue weighted by Gasteiger charge is 2.21. The number of aromatic nitrogens is 2. The van der Waals surface area contributed by atoms with Gasteiger partial charge in [0.1, 0.15) is 0 Å². The maximum Gasteiger partial charge on any atom is 0.258 e. The maximum atomic E-state index is 5.28. The van der Waals surface area contributed by atoms with Gasteiger partial charge in [0.05, 0.1) is 20.8 Å². The number of rotatable bonds is 6. The normalized spacial score (nSPS) is 14.3. The summed E-state index contributed by atoms with van der Waals surface area (Å²) in [5, 5.41) is 7.32. The molecule has 0 saturated heterocycles. The van der Waals surface area contributed by atoms with E-state index in [-0.39, 0.29) is 0 Å². The van der Waals surface area contributed by atoms with Gasteiger partial charge in [-0.3, -0.25) is 0 Å². The van der Waals surface area contributed by atoms with Crippen LogP contribution in [-0.2, 0) is 6.54 Å². The van der Waals surface area contributed by atoms with Crippen LogP contribution in [0, 0.1) is 0 Å². The Morgan fingerprint density at radius 3 is 2.75 bits per heavy atom. The first kappa shape index (κ1) is 12.9. The molecule has 6 nitrogen and oxygen atoms in total. The third-order valence-corrected chi connectivity index (χ3v) is 3.22. The lowest BCUT2D eigenvalue weighted by Gasteiger charge is -2.07. The van der Waals surface area contributed by atoms with Crippen LogP contribution in [0.1, 0.15) is 18.7 Å². The summed E-state index contributed by atoms with van der Waals surface area (Å²) < 4.78 is 15.7. The van der Waals surface area contributed by atoms with Gasteiger partial charge in [-0.2, -0.15) is 4.98 Å². The molecule has 106 valence electrons. The second kappa shape index (κ2) is 5.50. The molecule has 0 spiro atoms. The Kier molecular flexibility index (Phi) is 3.56. The fourth-order valence-electron chi connectivity index (χ4n) is 1.94. The second-order valence-electron chi connectivity index (χ2n) is 4.74. The van der Waals surface area contributed by atoms with Gasteiger partial charge < -0.3 is 19.3 Å². The molecule has 0 unspecified atom stereocenters. The molecular formula is C14H17N3O3. The van der Waals surface area contributed by atoms with Crippen LogP contribution < -0.4 is 14.8 Å². The number of nitrogens with one attached hydrogen (secondary N) is 1. The first-order chi connectivity index (χ1) is 9.80. The molecule has 6 heteroatoms. The molecule has 1 fully saturated rings. The number of nitrogens with zero attached hydrogens (tertiary/aromatic N) is 2. The van der Waals surface area contributed by atoms with Gasteiger partial charge in [-0.15, -0.1) is 0 Å². The van der Waals surface area contributed by atoms with Gasteiger partial charge >= 0.3 is 0 Å². The maximum absolute atomic E-state index is 5.28. The predicted octanol–water partition coefficient (Wildman–Crippen LogP) is 2.01. The van der Waals surface area contributed by atoms with Crippen molar-refractivity contribution in [2.24, 2.45) is 0 Å². The zero-order valence-electron chi connectivity index (χ0n) is 11.5. The van der Waals surface area contributed by atoms with Crippen molar-refractivity contribution in [2.45, 2.75) is 25.4 Å². The highest BCUT2D eigenvalue weighted by molar-refractivity contribution is 5.59. The summed E-state index contributed by atoms with van der Waals surface area (Å²) in [5.74, 6) is 2.47. The molecule has 0 atom stereocenters. The van der Waals surface area contributed by atoms with Crippen LogP contribution in [-0.4, -0.2) is 30.4 Å². The summed E-state index contributed by atoms with van der Waals surface area (Å²) >= 11 is 0. The van der Waals surface area contributed by atoms with Crippen molar-refractivity contribution in [3.05, 3.63) is 24.0 Å². The molecule has 1 aliphatic carbocycles. The van der Waals surface area contributed by atoms with Crippen molar-refractivity contribution < 1.29 is 14.0 Å². The van der Waals surface area contributed by atoms with Gasteiger partial charge in [-0.1, -0.05) is 5.16 Å². The molecule has 1 heterocycles. The standard InChI is InChI=1S/C14H17N3O3/c1-18-11-6-3-9(7-12(11)19-2)14-16-13(17-20-14)8-15-10-4-5-10/h3,6-7,10,15H,4-5,8H2,1-2H3. The van der Waals surface area contributed by atoms with Crippen molar-refractivity contribution in [3.63, 3.8) is 0 Å². The van der Waals surface area contributed by atoms with Crippen molar-refractivity contribution >= 4 is 0 Å². The summed E-state index contributed by atoms with van der Waals surface area (Å²) in [6, 6.07) is 6.13. The molecule has 1 saturated carbocycles. The van der Waals surface area contributed by atoms with E-state index in [9.17, 15) is 0 Å². The van der Waals surface area contributed by atoms with E-state index in [1.165, 1.54) is 12.8 Å². The van der Waals surface area contributed by atoms with Gasteiger partial charge in [0.15, 0.2) is 17.3 Å². The van der Waals surface area contributed by atoms with E-state index < -0.39 is 0 Å². The van der Waals surface area contributed by atoms with Crippen molar-refractivity contribution in [1.82, 2.24) is 15.5 Å². The first-order valence-electron chi connectivity index (χ1n) is 6.58. The zero-order valence-corrected chi connectivity index (χ0v) is 11.5. The zero-order chi connectivity index (χ0) is 13.9. The Bertz CT molecular complexity index is 593. The number of methoxy groups -OCH3 is 2. The number of benzene rings is 1. The first-order valence-corrected chi connectivity index (χ1v) is 6.58. The molecule has 0 radical (unpaired) electrons. The SMILES string of the molecule is COc1ccc(-c2nc(CNC3CC3)no2)cc1OC. The largest absolute Gasteiger partial charge is 0.493 e. The minimum Gasteiger partial charge on any atom is -0.493 e. The Labute approximate surface area is 117 Å². The van der Waals surface area contributed by atoms with Crippen LogP contribution in [0.2, 0.25) is 0 Å². The second-order valence-corrected chi connectivity index (χ2v) is 4.74. The molecule has 1 aliphatic rings. The number of ether oxygens (including phenoxy) is 2. The Morgan fingerprint density at radius 1 is 1.25 bits per heavy atom. The van der Waals surface area contributed by atoms with Crippen LogP contribution in [0.5, 0.6) is 11.5 Å². The fourth-order valence-corrected chi connectivity index (χ4v) is 1.94. The predicted molar refractivity (Wildman–Crippen MR) is 72.7 cm³/mol. The van der Waals surface area contributed by atoms with E-state index in [1.807, 2.05) is 18.2 Å². The van der Waals surface area contributed by atoms with E-state index in [4.69, 9.17) is 14.0 Å². The molecule has 0 amide bonds. The molecule has 3 rings (SSSR count). The van der Waals surface area contributed by atoms with Gasteiger partial charge in [-0.25, -0.2) is 0 Å². The molecule has 1 aromatic carbocycles. The fraction of sp³-hybridized carbons (Fsp3) is 0.429. The Balaban J connectivity index is 1.77. The van der Waals surface area contributed by atoms with Gasteiger partial charge in [0.2, 0.25) is 0 Å². The Hall–Kier alpha value is -2.08. The molecule has 0 aliphatic heterocycles. The molecule has 2 aromatic rings. The third-order valence-electron chi connectivity index (χ3n) is 3.22. The van der Waals surface area contributed by atoms with Gasteiger partial charge in [-0.05, 0) is 31.0 Å². The average Bonchev–Trinajstić information content (AvgIpc) is 3.21. The summed E-state index contributed by atoms with van der Waals surface area (Å²) in [5.41, 5.74) is 0.813. The summed E-state index contributed by atoms with van der Waals surface area (Å²) in [6.07, 6.45) is 2.47. The Morgan fingerprint density at radius 2 is 2.05 bits per heavy atom. The highest BCUT2D eigenvalue weighted by atomic mass is 16.5. The van der Waals surface area contributed by atoms with Crippen LogP contribution in [0.25, 0.3) is 11.5 Å². The van der Waals surface area contributed by atoms with Crippen molar-refractivity contribution in [2.75, 3.05) is 14.2 Å². The van der Waals surface area contributed by atoms with Crippen LogP contribution in [0.3, 0.4) is 0 Å². The van der Waals surface area contributed by atoms with Gasteiger partial charge in [0.25, 0.3) is 5.89 Å². The van der Waals surface area contributed by atoms with Crippen molar-refractivity contribution in [3.8, 4) is 23.0 Å². The minimum atomic E-state index is 0.485. The van der Waals surface area contributed by atoms with Gasteiger partial charge in [0, 0.05) is 11.6 Å². The van der Waals surface area contributed by atoms with E-state index in [0.29, 0.717) is 35.8 Å². The van der Waals surface area contributed by atoms with E-state index in [1.54, 1.807) is 14.2 Å². The van der Waals surface area contributed by atoms with E-state index >= 15 is 0 Å². The average molecular weight is 275 g/mol. The minimum absolute atomic E-state index is 0.485. The van der Waals surface area contributed by atoms with Crippen LogP contribution >= 0.6 is 0 Å². The topological polar surface area (TPSA) is 69.4 Å². The van der Waals surface area contributed by atoms with Crippen LogP contribution in [0.15, 0.2) is 22.7 Å². The highest BCUT2D eigenvalue weighted by Crippen LogP contribution is 2.31. The number of hydrogen-bond donors (Lipinski definition) is 1. The summed E-state index contributed by atoms with van der Waals surface area (Å²) in [6.45, 7) is 0.640. The summed E-state index contributed by atoms with van der Waals surface area (Å²) in [7, 11) is 3.20. The molecule has 0 bridgehead atoms. The smallest absolute Gasteiger partial charge is 0.258 e.